The van der Waals surface area contributed by atoms with Crippen LogP contribution in [0.3, 0.4) is 0 Å². The largest absolute Gasteiger partial charge is 0.497 e. The highest BCUT2D eigenvalue weighted by atomic mass is 32.1. The zero-order valence-electron chi connectivity index (χ0n) is 13.9. The van der Waals surface area contributed by atoms with Gasteiger partial charge in [-0.3, -0.25) is 0 Å². The molecule has 7 nitrogen and oxygen atoms in total. The highest BCUT2D eigenvalue weighted by molar-refractivity contribution is 7.22. The quantitative estimate of drug-likeness (QED) is 0.709. The van der Waals surface area contributed by atoms with Gasteiger partial charge in [-0.15, -0.1) is 0 Å². The van der Waals surface area contributed by atoms with Crippen LogP contribution in [0, 0.1) is 0 Å². The van der Waals surface area contributed by atoms with Crippen LogP contribution in [0.4, 0.5) is 22.5 Å². The first-order valence-electron chi connectivity index (χ1n) is 7.73. The minimum absolute atomic E-state index is 0.526. The number of nitrogens with two attached hydrogens (primary N) is 1. The van der Waals surface area contributed by atoms with E-state index in [0.29, 0.717) is 11.5 Å². The van der Waals surface area contributed by atoms with E-state index in [1.807, 2.05) is 18.2 Å². The van der Waals surface area contributed by atoms with Crippen LogP contribution in [-0.2, 0) is 0 Å². The number of aromatic nitrogens is 3. The average Bonchev–Trinajstić information content (AvgIpc) is 3.00. The normalized spacial score (nSPS) is 10.8. The molecule has 0 atom stereocenters. The zero-order chi connectivity index (χ0) is 17.1. The van der Waals surface area contributed by atoms with E-state index >= 15 is 0 Å². The number of benzene rings is 1. The van der Waals surface area contributed by atoms with E-state index in [4.69, 9.17) is 10.5 Å². The Morgan fingerprint density at radius 2 is 2.04 bits per heavy atom. The Hall–Kier alpha value is -2.61. The summed E-state index contributed by atoms with van der Waals surface area (Å²) in [4.78, 5) is 15.2. The van der Waals surface area contributed by atoms with Crippen LogP contribution in [0.2, 0.25) is 0 Å². The SMILES string of the molecule is CCN(CC)c1ncnc(Nc2nc3ccc(OC)cc3s2)c1N. The number of fused-ring (bicyclic) bond motifs is 1. The van der Waals surface area contributed by atoms with E-state index in [9.17, 15) is 0 Å². The summed E-state index contributed by atoms with van der Waals surface area (Å²) in [6, 6.07) is 5.78. The first kappa shape index (κ1) is 16.3. The Kier molecular flexibility index (Phi) is 4.66. The van der Waals surface area contributed by atoms with Crippen LogP contribution in [0.15, 0.2) is 24.5 Å². The molecule has 0 bridgehead atoms. The number of hydrogen-bond donors (Lipinski definition) is 2. The lowest BCUT2D eigenvalue weighted by Crippen LogP contribution is -2.24. The van der Waals surface area contributed by atoms with Crippen molar-refractivity contribution in [2.45, 2.75) is 13.8 Å². The molecule has 0 saturated heterocycles. The second kappa shape index (κ2) is 6.88. The van der Waals surface area contributed by atoms with Crippen molar-refractivity contribution >= 4 is 44.0 Å². The third kappa shape index (κ3) is 3.05. The van der Waals surface area contributed by atoms with Gasteiger partial charge in [-0.1, -0.05) is 11.3 Å². The summed E-state index contributed by atoms with van der Waals surface area (Å²) in [5.41, 5.74) is 7.68. The van der Waals surface area contributed by atoms with Crippen molar-refractivity contribution in [2.24, 2.45) is 0 Å². The average molecular weight is 344 g/mol. The molecule has 3 rings (SSSR count). The molecule has 0 aliphatic heterocycles. The number of nitrogens with one attached hydrogen (secondary N) is 1. The molecule has 0 radical (unpaired) electrons. The third-order valence-corrected chi connectivity index (χ3v) is 4.68. The molecule has 0 amide bonds. The smallest absolute Gasteiger partial charge is 0.189 e. The molecule has 3 N–H and O–H groups in total. The highest BCUT2D eigenvalue weighted by Crippen LogP contribution is 2.33. The van der Waals surface area contributed by atoms with Crippen LogP contribution >= 0.6 is 11.3 Å². The van der Waals surface area contributed by atoms with Gasteiger partial charge < -0.3 is 20.7 Å². The predicted molar refractivity (Wildman–Crippen MR) is 99.5 cm³/mol. The van der Waals surface area contributed by atoms with Crippen molar-refractivity contribution in [2.75, 3.05) is 36.1 Å². The summed E-state index contributed by atoms with van der Waals surface area (Å²) in [5.74, 6) is 2.11. The van der Waals surface area contributed by atoms with Gasteiger partial charge in [0.05, 0.1) is 17.3 Å². The fourth-order valence-electron chi connectivity index (χ4n) is 2.45. The maximum absolute atomic E-state index is 6.25. The van der Waals surface area contributed by atoms with Gasteiger partial charge in [0, 0.05) is 13.1 Å². The molecule has 126 valence electrons. The molecule has 0 fully saturated rings. The van der Waals surface area contributed by atoms with E-state index in [-0.39, 0.29) is 0 Å². The fraction of sp³-hybridized carbons (Fsp3) is 0.312. The van der Waals surface area contributed by atoms with Crippen LogP contribution < -0.4 is 20.7 Å². The number of nitrogen functional groups attached to an aromatic ring is 1. The van der Waals surface area contributed by atoms with Crippen molar-refractivity contribution in [3.05, 3.63) is 24.5 Å². The molecule has 2 aromatic heterocycles. The minimum atomic E-state index is 0.526. The summed E-state index contributed by atoms with van der Waals surface area (Å²) in [6.45, 7) is 5.80. The van der Waals surface area contributed by atoms with Crippen molar-refractivity contribution in [3.8, 4) is 5.75 Å². The molecule has 2 heterocycles. The van der Waals surface area contributed by atoms with Gasteiger partial charge in [-0.05, 0) is 32.0 Å². The summed E-state index contributed by atoms with van der Waals surface area (Å²) >= 11 is 1.52. The lowest BCUT2D eigenvalue weighted by molar-refractivity contribution is 0.415. The molecule has 0 aliphatic rings. The maximum atomic E-state index is 6.25. The Balaban J connectivity index is 1.92. The lowest BCUT2D eigenvalue weighted by Gasteiger charge is -2.21. The number of ether oxygens (including phenoxy) is 1. The lowest BCUT2D eigenvalue weighted by atomic mass is 10.3. The molecule has 8 heteroatoms. The van der Waals surface area contributed by atoms with Crippen molar-refractivity contribution in [1.82, 2.24) is 15.0 Å². The van der Waals surface area contributed by atoms with Gasteiger partial charge in [-0.25, -0.2) is 15.0 Å². The van der Waals surface area contributed by atoms with Crippen LogP contribution in [0.25, 0.3) is 10.2 Å². The molecular formula is C16H20N6OS. The van der Waals surface area contributed by atoms with Crippen molar-refractivity contribution in [3.63, 3.8) is 0 Å². The van der Waals surface area contributed by atoms with Gasteiger partial charge in [0.15, 0.2) is 16.8 Å². The van der Waals surface area contributed by atoms with E-state index in [0.717, 1.165) is 40.0 Å². The first-order chi connectivity index (χ1) is 11.7. The van der Waals surface area contributed by atoms with E-state index in [1.54, 1.807) is 7.11 Å². The number of nitrogens with zero attached hydrogens (tertiary/aromatic N) is 4. The summed E-state index contributed by atoms with van der Waals surface area (Å²) in [5, 5.41) is 3.94. The van der Waals surface area contributed by atoms with E-state index in [2.05, 4.69) is 39.0 Å². The molecule has 3 aromatic rings. The summed E-state index contributed by atoms with van der Waals surface area (Å²) in [7, 11) is 1.65. The minimum Gasteiger partial charge on any atom is -0.497 e. The highest BCUT2D eigenvalue weighted by Gasteiger charge is 2.14. The number of anilines is 4. The Bertz CT molecular complexity index is 846. The third-order valence-electron chi connectivity index (χ3n) is 3.75. The topological polar surface area (TPSA) is 89.2 Å². The van der Waals surface area contributed by atoms with E-state index < -0.39 is 0 Å². The number of methoxy groups -OCH3 is 1. The monoisotopic (exact) mass is 344 g/mol. The summed E-state index contributed by atoms with van der Waals surface area (Å²) in [6.07, 6.45) is 1.52. The van der Waals surface area contributed by atoms with Crippen molar-refractivity contribution < 1.29 is 4.74 Å². The van der Waals surface area contributed by atoms with Crippen LogP contribution in [0.5, 0.6) is 5.75 Å². The molecule has 1 aromatic carbocycles. The zero-order valence-corrected chi connectivity index (χ0v) is 14.7. The van der Waals surface area contributed by atoms with E-state index in [1.165, 1.54) is 17.7 Å². The molecule has 0 spiro atoms. The maximum Gasteiger partial charge on any atom is 0.189 e. The van der Waals surface area contributed by atoms with Crippen LogP contribution in [-0.4, -0.2) is 35.2 Å². The van der Waals surface area contributed by atoms with Crippen LogP contribution in [0.1, 0.15) is 13.8 Å². The Morgan fingerprint density at radius 1 is 1.25 bits per heavy atom. The molecule has 0 saturated carbocycles. The predicted octanol–water partition coefficient (Wildman–Crippen LogP) is 3.27. The van der Waals surface area contributed by atoms with Gasteiger partial charge in [-0.2, -0.15) is 0 Å². The Labute approximate surface area is 144 Å². The molecule has 24 heavy (non-hydrogen) atoms. The second-order valence-electron chi connectivity index (χ2n) is 5.11. The number of hydrogen-bond acceptors (Lipinski definition) is 8. The van der Waals surface area contributed by atoms with Gasteiger partial charge in [0.1, 0.15) is 17.8 Å². The Morgan fingerprint density at radius 3 is 2.75 bits per heavy atom. The second-order valence-corrected chi connectivity index (χ2v) is 6.14. The fourth-order valence-corrected chi connectivity index (χ4v) is 3.34. The van der Waals surface area contributed by atoms with Gasteiger partial charge in [0.2, 0.25) is 0 Å². The van der Waals surface area contributed by atoms with Gasteiger partial charge in [0.25, 0.3) is 0 Å². The number of rotatable bonds is 6. The molecule has 0 unspecified atom stereocenters. The number of thiazole rings is 1. The standard InChI is InChI=1S/C16H20N6OS/c1-4-22(5-2)15-13(17)14(18-9-19-15)21-16-20-11-7-6-10(23-3)8-12(11)24-16/h6-9H,4-5,17H2,1-3H3,(H,18,19,20,21). The van der Waals surface area contributed by atoms with Gasteiger partial charge >= 0.3 is 0 Å². The first-order valence-corrected chi connectivity index (χ1v) is 8.54. The molecule has 0 aliphatic carbocycles. The summed E-state index contributed by atoms with van der Waals surface area (Å²) < 4.78 is 6.28. The van der Waals surface area contributed by atoms with Crippen molar-refractivity contribution in [1.29, 1.82) is 0 Å². The molecular weight excluding hydrogens is 324 g/mol.